The minimum Gasteiger partial charge on any atom is -0.309 e. The molecule has 0 aliphatic rings. The summed E-state index contributed by atoms with van der Waals surface area (Å²) in [6.45, 7) is 0. The fraction of sp³-hybridized carbons (Fsp3) is 0. The molecule has 0 N–H and O–H groups in total. The molecular weight excluding hydrogens is 619 g/mol. The lowest BCUT2D eigenvalue weighted by atomic mass is 10.1. The highest BCUT2D eigenvalue weighted by atomic mass is 15.1. The maximum absolute atomic E-state index is 2.53. The summed E-state index contributed by atoms with van der Waals surface area (Å²) >= 11 is 0. The van der Waals surface area contributed by atoms with E-state index in [2.05, 4.69) is 202 Å². The third kappa shape index (κ3) is 4.00. The number of para-hydroxylation sites is 5. The van der Waals surface area contributed by atoms with Gasteiger partial charge in [0.2, 0.25) is 0 Å². The molecular formula is C48H31N3. The first-order valence-corrected chi connectivity index (χ1v) is 17.5. The van der Waals surface area contributed by atoms with Gasteiger partial charge in [-0.3, -0.25) is 0 Å². The molecule has 0 unspecified atom stereocenters. The van der Waals surface area contributed by atoms with E-state index < -0.39 is 0 Å². The molecule has 11 aromatic rings. The van der Waals surface area contributed by atoms with Crippen LogP contribution < -0.4 is 0 Å². The Labute approximate surface area is 294 Å². The first-order chi connectivity index (χ1) is 25.3. The van der Waals surface area contributed by atoms with Crippen LogP contribution in [0.4, 0.5) is 0 Å². The summed E-state index contributed by atoms with van der Waals surface area (Å²) < 4.78 is 7.41. The molecule has 0 amide bonds. The fourth-order valence-corrected chi connectivity index (χ4v) is 8.50. The monoisotopic (exact) mass is 649 g/mol. The Balaban J connectivity index is 1.28. The highest BCUT2D eigenvalue weighted by Gasteiger charge is 2.23. The SMILES string of the molecule is c1ccc(-c2ccc(-n3c4ccccc4c4c3ccc3c5ccccc5n(-c5cccc6c7ccccc7n(-c7ccccc7)c56)c34)cc2)cc1. The van der Waals surface area contributed by atoms with Gasteiger partial charge in [0.25, 0.3) is 0 Å². The summed E-state index contributed by atoms with van der Waals surface area (Å²) in [5, 5.41) is 7.49. The Morgan fingerprint density at radius 2 is 0.765 bits per heavy atom. The molecule has 0 aliphatic carbocycles. The van der Waals surface area contributed by atoms with Crippen molar-refractivity contribution in [1.82, 2.24) is 13.7 Å². The molecule has 0 saturated carbocycles. The van der Waals surface area contributed by atoms with Gasteiger partial charge in [-0.25, -0.2) is 0 Å². The molecule has 238 valence electrons. The van der Waals surface area contributed by atoms with Crippen LogP contribution in [0.25, 0.3) is 93.6 Å². The lowest BCUT2D eigenvalue weighted by Crippen LogP contribution is -2.00. The van der Waals surface area contributed by atoms with Crippen LogP contribution in [0.5, 0.6) is 0 Å². The summed E-state index contributed by atoms with van der Waals surface area (Å²) in [5.74, 6) is 0. The van der Waals surface area contributed by atoms with E-state index in [0.717, 1.165) is 17.1 Å². The van der Waals surface area contributed by atoms with Crippen molar-refractivity contribution >= 4 is 65.4 Å². The minimum absolute atomic E-state index is 1.15. The molecule has 3 aromatic heterocycles. The van der Waals surface area contributed by atoms with Gasteiger partial charge >= 0.3 is 0 Å². The largest absolute Gasteiger partial charge is 0.309 e. The third-order valence-corrected chi connectivity index (χ3v) is 10.6. The van der Waals surface area contributed by atoms with Crippen LogP contribution in [0.2, 0.25) is 0 Å². The molecule has 0 spiro atoms. The Morgan fingerprint density at radius 1 is 0.255 bits per heavy atom. The minimum atomic E-state index is 1.15. The van der Waals surface area contributed by atoms with Crippen molar-refractivity contribution in [2.24, 2.45) is 0 Å². The number of nitrogens with zero attached hydrogens (tertiary/aromatic N) is 3. The predicted molar refractivity (Wildman–Crippen MR) is 215 cm³/mol. The summed E-state index contributed by atoms with van der Waals surface area (Å²) in [6.07, 6.45) is 0. The summed E-state index contributed by atoms with van der Waals surface area (Å²) in [7, 11) is 0. The van der Waals surface area contributed by atoms with Crippen molar-refractivity contribution in [3.63, 3.8) is 0 Å². The van der Waals surface area contributed by atoms with Crippen molar-refractivity contribution in [1.29, 1.82) is 0 Å². The molecule has 3 heteroatoms. The van der Waals surface area contributed by atoms with E-state index in [9.17, 15) is 0 Å². The van der Waals surface area contributed by atoms with Gasteiger partial charge in [0, 0.05) is 43.7 Å². The molecule has 8 aromatic carbocycles. The quantitative estimate of drug-likeness (QED) is 0.180. The van der Waals surface area contributed by atoms with Crippen molar-refractivity contribution in [3.8, 4) is 28.2 Å². The number of hydrogen-bond acceptors (Lipinski definition) is 0. The number of benzene rings is 8. The van der Waals surface area contributed by atoms with E-state index in [1.54, 1.807) is 0 Å². The predicted octanol–water partition coefficient (Wildman–Crippen LogP) is 12.6. The molecule has 0 atom stereocenters. The molecule has 3 heterocycles. The van der Waals surface area contributed by atoms with Crippen molar-refractivity contribution in [3.05, 3.63) is 188 Å². The number of aromatic nitrogens is 3. The first kappa shape index (κ1) is 28.0. The Kier molecular flexibility index (Phi) is 5.96. The normalized spacial score (nSPS) is 11.9. The Bertz CT molecular complexity index is 3110. The van der Waals surface area contributed by atoms with Crippen LogP contribution in [0.15, 0.2) is 188 Å². The van der Waals surface area contributed by atoms with Gasteiger partial charge in [-0.15, -0.1) is 0 Å². The number of fused-ring (bicyclic) bond motifs is 10. The van der Waals surface area contributed by atoms with E-state index in [1.165, 1.54) is 76.5 Å². The molecule has 0 radical (unpaired) electrons. The smallest absolute Gasteiger partial charge is 0.0782 e. The van der Waals surface area contributed by atoms with Gasteiger partial charge in [0.15, 0.2) is 0 Å². The standard InChI is InChI=1S/C48H31N3/c1-3-14-32(15-4-1)33-26-28-35(29-27-33)49-43-24-12-9-20-40(43)46-44(49)31-30-39-37-19-8-11-23-42(37)51(48(39)46)45-25-13-21-38-36-18-7-10-22-41(36)50(47(38)45)34-16-5-2-6-17-34/h1-31H. The average Bonchev–Trinajstić information content (AvgIpc) is 3.84. The van der Waals surface area contributed by atoms with Gasteiger partial charge in [0.05, 0.1) is 38.8 Å². The molecule has 0 bridgehead atoms. The number of hydrogen-bond donors (Lipinski definition) is 0. The Morgan fingerprint density at radius 3 is 1.47 bits per heavy atom. The van der Waals surface area contributed by atoms with Crippen LogP contribution in [0.1, 0.15) is 0 Å². The van der Waals surface area contributed by atoms with E-state index in [-0.39, 0.29) is 0 Å². The van der Waals surface area contributed by atoms with Gasteiger partial charge < -0.3 is 13.7 Å². The van der Waals surface area contributed by atoms with Crippen LogP contribution in [-0.4, -0.2) is 13.7 Å². The molecule has 0 aliphatic heterocycles. The van der Waals surface area contributed by atoms with Crippen LogP contribution in [0, 0.1) is 0 Å². The zero-order valence-corrected chi connectivity index (χ0v) is 27.7. The van der Waals surface area contributed by atoms with E-state index >= 15 is 0 Å². The van der Waals surface area contributed by atoms with Gasteiger partial charge in [-0.2, -0.15) is 0 Å². The summed E-state index contributed by atoms with van der Waals surface area (Å²) in [6, 6.07) is 68.3. The van der Waals surface area contributed by atoms with Gasteiger partial charge in [-0.05, 0) is 65.7 Å². The second-order valence-corrected chi connectivity index (χ2v) is 13.3. The van der Waals surface area contributed by atoms with Gasteiger partial charge in [-0.1, -0.05) is 133 Å². The molecule has 3 nitrogen and oxygen atoms in total. The van der Waals surface area contributed by atoms with E-state index in [0.29, 0.717) is 0 Å². The third-order valence-electron chi connectivity index (χ3n) is 10.6. The average molecular weight is 650 g/mol. The lowest BCUT2D eigenvalue weighted by Gasteiger charge is -2.15. The summed E-state index contributed by atoms with van der Waals surface area (Å²) in [5.41, 5.74) is 13.1. The number of rotatable bonds is 4. The van der Waals surface area contributed by atoms with Gasteiger partial charge in [0.1, 0.15) is 0 Å². The maximum Gasteiger partial charge on any atom is 0.0782 e. The van der Waals surface area contributed by atoms with E-state index in [1.807, 2.05) is 0 Å². The molecule has 51 heavy (non-hydrogen) atoms. The summed E-state index contributed by atoms with van der Waals surface area (Å²) in [4.78, 5) is 0. The second-order valence-electron chi connectivity index (χ2n) is 13.3. The van der Waals surface area contributed by atoms with Crippen LogP contribution in [-0.2, 0) is 0 Å². The highest BCUT2D eigenvalue weighted by molar-refractivity contribution is 6.27. The maximum atomic E-state index is 2.53. The van der Waals surface area contributed by atoms with Crippen LogP contribution in [0.3, 0.4) is 0 Å². The first-order valence-electron chi connectivity index (χ1n) is 17.5. The molecule has 0 fully saturated rings. The molecule has 0 saturated heterocycles. The molecule has 11 rings (SSSR count). The lowest BCUT2D eigenvalue weighted by molar-refractivity contribution is 1.13. The van der Waals surface area contributed by atoms with E-state index in [4.69, 9.17) is 0 Å². The second kappa shape index (κ2) is 10.8. The zero-order chi connectivity index (χ0) is 33.5. The van der Waals surface area contributed by atoms with Crippen molar-refractivity contribution in [2.45, 2.75) is 0 Å². The zero-order valence-electron chi connectivity index (χ0n) is 27.7. The van der Waals surface area contributed by atoms with Crippen molar-refractivity contribution in [2.75, 3.05) is 0 Å². The highest BCUT2D eigenvalue weighted by Crippen LogP contribution is 2.44. The fourth-order valence-electron chi connectivity index (χ4n) is 8.50. The van der Waals surface area contributed by atoms with Crippen LogP contribution >= 0.6 is 0 Å². The van der Waals surface area contributed by atoms with Crippen molar-refractivity contribution < 1.29 is 0 Å². The topological polar surface area (TPSA) is 14.8 Å². The Hall–Kier alpha value is -6.84.